The molecule has 1 atom stereocenters. The number of carbonyl (C=O) groups excluding carboxylic acids is 2. The largest absolute Gasteiger partial charge is 0.508 e. The van der Waals surface area contributed by atoms with Gasteiger partial charge in [-0.2, -0.15) is 0 Å². The Hall–Kier alpha value is -3.18. The third-order valence-corrected chi connectivity index (χ3v) is 4.52. The second-order valence-corrected chi connectivity index (χ2v) is 6.12. The Labute approximate surface area is 144 Å². The summed E-state index contributed by atoms with van der Waals surface area (Å²) >= 11 is 0. The Morgan fingerprint density at radius 1 is 0.960 bits per heavy atom. The van der Waals surface area contributed by atoms with Gasteiger partial charge in [0.2, 0.25) is 0 Å². The highest BCUT2D eigenvalue weighted by atomic mass is 16.3. The Morgan fingerprint density at radius 3 is 2.36 bits per heavy atom. The van der Waals surface area contributed by atoms with Crippen molar-refractivity contribution in [2.75, 3.05) is 0 Å². The standard InChI is InChI=1S/C20H15NO4/c22-15-6-7-16-17(12-15)19(24)21(18(16)23)20(25)10-8-14(9-11-20)13-4-2-1-3-5-13/h1-10,12,22,25H,11H2. The predicted octanol–water partition coefficient (Wildman–Crippen LogP) is 2.72. The lowest BCUT2D eigenvalue weighted by atomic mass is 9.94. The topological polar surface area (TPSA) is 77.8 Å². The molecule has 1 aliphatic heterocycles. The molecule has 0 radical (unpaired) electrons. The van der Waals surface area contributed by atoms with Crippen molar-refractivity contribution >= 4 is 17.4 Å². The number of hydrogen-bond donors (Lipinski definition) is 2. The van der Waals surface area contributed by atoms with Crippen molar-refractivity contribution in [3.05, 3.63) is 83.4 Å². The van der Waals surface area contributed by atoms with Crippen LogP contribution in [0, 0.1) is 0 Å². The second-order valence-electron chi connectivity index (χ2n) is 6.12. The van der Waals surface area contributed by atoms with Crippen LogP contribution in [0.3, 0.4) is 0 Å². The van der Waals surface area contributed by atoms with E-state index in [4.69, 9.17) is 0 Å². The van der Waals surface area contributed by atoms with Crippen LogP contribution in [0.1, 0.15) is 32.7 Å². The first-order valence-electron chi connectivity index (χ1n) is 7.89. The highest BCUT2D eigenvalue weighted by Crippen LogP contribution is 2.36. The number of nitrogens with zero attached hydrogens (tertiary/aromatic N) is 1. The number of aliphatic hydroxyl groups is 1. The fourth-order valence-electron chi connectivity index (χ4n) is 3.21. The Morgan fingerprint density at radius 2 is 1.68 bits per heavy atom. The zero-order valence-corrected chi connectivity index (χ0v) is 13.2. The fraction of sp³-hybridized carbons (Fsp3) is 0.100. The van der Waals surface area contributed by atoms with Crippen molar-refractivity contribution < 1.29 is 19.8 Å². The number of phenols is 1. The van der Waals surface area contributed by atoms with E-state index in [1.807, 2.05) is 30.3 Å². The number of fused-ring (bicyclic) bond motifs is 1. The molecule has 2 aromatic rings. The van der Waals surface area contributed by atoms with Crippen molar-refractivity contribution in [3.8, 4) is 5.75 Å². The molecule has 0 saturated carbocycles. The minimum Gasteiger partial charge on any atom is -0.508 e. The molecule has 5 nitrogen and oxygen atoms in total. The number of carbonyl (C=O) groups is 2. The molecule has 1 aliphatic carbocycles. The lowest BCUT2D eigenvalue weighted by Crippen LogP contribution is -2.50. The summed E-state index contributed by atoms with van der Waals surface area (Å²) in [7, 11) is 0. The van der Waals surface area contributed by atoms with Crippen LogP contribution in [0.15, 0.2) is 66.8 Å². The van der Waals surface area contributed by atoms with Crippen molar-refractivity contribution in [1.82, 2.24) is 4.90 Å². The van der Waals surface area contributed by atoms with Crippen molar-refractivity contribution in [2.45, 2.75) is 12.1 Å². The summed E-state index contributed by atoms with van der Waals surface area (Å²) in [5, 5.41) is 20.5. The van der Waals surface area contributed by atoms with Gasteiger partial charge in [-0.05, 0) is 35.4 Å². The number of amides is 2. The van der Waals surface area contributed by atoms with E-state index in [0.29, 0.717) is 0 Å². The van der Waals surface area contributed by atoms with E-state index in [1.54, 1.807) is 12.2 Å². The Bertz CT molecular complexity index is 945. The number of hydrogen-bond acceptors (Lipinski definition) is 4. The Balaban J connectivity index is 1.66. The zero-order valence-electron chi connectivity index (χ0n) is 13.2. The van der Waals surface area contributed by atoms with Crippen LogP contribution in [-0.4, -0.2) is 32.7 Å². The van der Waals surface area contributed by atoms with E-state index < -0.39 is 17.5 Å². The van der Waals surface area contributed by atoms with Crippen LogP contribution >= 0.6 is 0 Å². The third kappa shape index (κ3) is 2.37. The molecule has 124 valence electrons. The number of allylic oxidation sites excluding steroid dienone is 2. The van der Waals surface area contributed by atoms with Gasteiger partial charge >= 0.3 is 0 Å². The lowest BCUT2D eigenvalue weighted by molar-refractivity contribution is -0.0317. The summed E-state index contributed by atoms with van der Waals surface area (Å²) < 4.78 is 0. The van der Waals surface area contributed by atoms with Gasteiger partial charge in [-0.15, -0.1) is 0 Å². The summed E-state index contributed by atoms with van der Waals surface area (Å²) in [5.74, 6) is -1.28. The number of aromatic hydroxyl groups is 1. The molecule has 4 rings (SSSR count). The molecule has 0 saturated heterocycles. The minimum absolute atomic E-state index is 0.0980. The monoisotopic (exact) mass is 333 g/mol. The molecule has 0 fully saturated rings. The van der Waals surface area contributed by atoms with E-state index >= 15 is 0 Å². The molecule has 25 heavy (non-hydrogen) atoms. The molecule has 0 spiro atoms. The molecule has 2 amide bonds. The molecule has 2 aliphatic rings. The minimum atomic E-state index is -1.72. The maximum atomic E-state index is 12.6. The van der Waals surface area contributed by atoms with Crippen LogP contribution in [0.2, 0.25) is 0 Å². The van der Waals surface area contributed by atoms with E-state index in [2.05, 4.69) is 0 Å². The number of benzene rings is 2. The molecule has 0 aromatic heterocycles. The SMILES string of the molecule is O=C1c2ccc(O)cc2C(=O)N1C1(O)C=CC(c2ccccc2)=CC1. The molecule has 5 heteroatoms. The maximum Gasteiger partial charge on any atom is 0.264 e. The highest BCUT2D eigenvalue weighted by molar-refractivity contribution is 6.22. The van der Waals surface area contributed by atoms with Crippen molar-refractivity contribution in [2.24, 2.45) is 0 Å². The summed E-state index contributed by atoms with van der Waals surface area (Å²) in [6, 6.07) is 13.6. The van der Waals surface area contributed by atoms with Gasteiger partial charge in [0.05, 0.1) is 11.1 Å². The van der Waals surface area contributed by atoms with Gasteiger partial charge < -0.3 is 10.2 Å². The summed E-state index contributed by atoms with van der Waals surface area (Å²) in [5.41, 5.74) is 0.473. The van der Waals surface area contributed by atoms with E-state index in [9.17, 15) is 19.8 Å². The first-order chi connectivity index (χ1) is 12.0. The van der Waals surface area contributed by atoms with E-state index in [0.717, 1.165) is 16.0 Å². The molecule has 2 N–H and O–H groups in total. The van der Waals surface area contributed by atoms with Crippen LogP contribution in [0.25, 0.3) is 5.57 Å². The summed E-state index contributed by atoms with van der Waals surface area (Å²) in [4.78, 5) is 26.0. The Kier molecular flexibility index (Phi) is 3.33. The van der Waals surface area contributed by atoms with Crippen molar-refractivity contribution in [3.63, 3.8) is 0 Å². The quantitative estimate of drug-likeness (QED) is 0.829. The average Bonchev–Trinajstić information content (AvgIpc) is 2.87. The van der Waals surface area contributed by atoms with Gasteiger partial charge in [-0.3, -0.25) is 9.59 Å². The van der Waals surface area contributed by atoms with E-state index in [1.165, 1.54) is 24.3 Å². The van der Waals surface area contributed by atoms with Gasteiger partial charge in [0, 0.05) is 6.42 Å². The molecule has 0 bridgehead atoms. The van der Waals surface area contributed by atoms with Gasteiger partial charge in [0.25, 0.3) is 11.8 Å². The predicted molar refractivity (Wildman–Crippen MR) is 91.7 cm³/mol. The number of phenolic OH excluding ortho intramolecular Hbond substituents is 1. The van der Waals surface area contributed by atoms with Crippen LogP contribution in [0.5, 0.6) is 5.75 Å². The highest BCUT2D eigenvalue weighted by Gasteiger charge is 2.47. The van der Waals surface area contributed by atoms with E-state index in [-0.39, 0.29) is 23.3 Å². The number of imide groups is 1. The first-order valence-corrected chi connectivity index (χ1v) is 7.89. The fourth-order valence-corrected chi connectivity index (χ4v) is 3.21. The van der Waals surface area contributed by atoms with Crippen LogP contribution in [0.4, 0.5) is 0 Å². The average molecular weight is 333 g/mol. The molecule has 1 unspecified atom stereocenters. The van der Waals surface area contributed by atoms with Crippen LogP contribution < -0.4 is 0 Å². The summed E-state index contributed by atoms with van der Waals surface area (Å²) in [6.07, 6.45) is 5.08. The van der Waals surface area contributed by atoms with Gasteiger partial charge in [-0.25, -0.2) is 4.90 Å². The molecule has 2 aromatic carbocycles. The zero-order chi connectivity index (χ0) is 17.6. The van der Waals surface area contributed by atoms with Gasteiger partial charge in [0.1, 0.15) is 5.75 Å². The normalized spacial score (nSPS) is 22.1. The third-order valence-electron chi connectivity index (χ3n) is 4.52. The van der Waals surface area contributed by atoms with Crippen molar-refractivity contribution in [1.29, 1.82) is 0 Å². The number of rotatable bonds is 2. The first kappa shape index (κ1) is 15.4. The maximum absolute atomic E-state index is 12.6. The summed E-state index contributed by atoms with van der Waals surface area (Å²) in [6.45, 7) is 0. The second kappa shape index (κ2) is 5.43. The lowest BCUT2D eigenvalue weighted by Gasteiger charge is -2.34. The van der Waals surface area contributed by atoms with Gasteiger partial charge in [0.15, 0.2) is 5.72 Å². The molecule has 1 heterocycles. The molecular formula is C20H15NO4. The van der Waals surface area contributed by atoms with Crippen LogP contribution in [-0.2, 0) is 0 Å². The molecular weight excluding hydrogens is 318 g/mol. The smallest absolute Gasteiger partial charge is 0.264 e. The van der Waals surface area contributed by atoms with Gasteiger partial charge in [-0.1, -0.05) is 42.5 Å².